The van der Waals surface area contributed by atoms with Gasteiger partial charge in [0.05, 0.1) is 0 Å². The molecule has 0 radical (unpaired) electrons. The third-order valence-electron chi connectivity index (χ3n) is 2.79. The minimum absolute atomic E-state index is 0.676. The topological polar surface area (TPSA) is 42.7 Å². The van der Waals surface area contributed by atoms with Gasteiger partial charge in [-0.2, -0.15) is 5.10 Å². The third-order valence-corrected chi connectivity index (χ3v) is 2.79. The second kappa shape index (κ2) is 7.39. The number of nitrogens with zero attached hydrogens (tertiary/aromatic N) is 3. The van der Waals surface area contributed by atoms with E-state index in [-0.39, 0.29) is 0 Å². The molecule has 1 unspecified atom stereocenters. The van der Waals surface area contributed by atoms with Crippen molar-refractivity contribution >= 4 is 0 Å². The Morgan fingerprint density at radius 2 is 2.19 bits per heavy atom. The molecule has 1 aromatic heterocycles. The first kappa shape index (κ1) is 13.2. The lowest BCUT2D eigenvalue weighted by Gasteiger charge is -2.15. The van der Waals surface area contributed by atoms with Crippen molar-refractivity contribution in [1.29, 1.82) is 0 Å². The maximum atomic E-state index is 4.36. The molecule has 0 aliphatic rings. The molecule has 0 bridgehead atoms. The summed E-state index contributed by atoms with van der Waals surface area (Å²) in [6.45, 7) is 6.45. The van der Waals surface area contributed by atoms with Crippen LogP contribution in [0.4, 0.5) is 0 Å². The summed E-state index contributed by atoms with van der Waals surface area (Å²) < 4.78 is 2.04. The van der Waals surface area contributed by atoms with Crippen molar-refractivity contribution in [3.63, 3.8) is 0 Å². The summed E-state index contributed by atoms with van der Waals surface area (Å²) >= 11 is 0. The van der Waals surface area contributed by atoms with Crippen molar-refractivity contribution in [2.75, 3.05) is 13.6 Å². The van der Waals surface area contributed by atoms with Crippen LogP contribution in [0.15, 0.2) is 6.33 Å². The van der Waals surface area contributed by atoms with E-state index in [2.05, 4.69) is 29.2 Å². The number of hydrogen-bond donors (Lipinski definition) is 1. The minimum atomic E-state index is 0.676. The second-order valence-electron chi connectivity index (χ2n) is 4.32. The SMILES string of the molecule is CCCC(CNC)Cc1ncnn1CCC. The molecule has 1 heterocycles. The van der Waals surface area contributed by atoms with Gasteiger partial charge in [0.15, 0.2) is 0 Å². The Bertz CT molecular complexity index is 276. The fourth-order valence-corrected chi connectivity index (χ4v) is 2.08. The number of rotatable bonds is 8. The Labute approximate surface area is 98.5 Å². The highest BCUT2D eigenvalue weighted by atomic mass is 15.3. The van der Waals surface area contributed by atoms with Gasteiger partial charge >= 0.3 is 0 Å². The van der Waals surface area contributed by atoms with Gasteiger partial charge in [0, 0.05) is 13.0 Å². The average molecular weight is 224 g/mol. The zero-order valence-electron chi connectivity index (χ0n) is 10.7. The van der Waals surface area contributed by atoms with Crippen molar-refractivity contribution in [3.8, 4) is 0 Å². The summed E-state index contributed by atoms with van der Waals surface area (Å²) in [5.41, 5.74) is 0. The summed E-state index contributed by atoms with van der Waals surface area (Å²) in [7, 11) is 2.01. The van der Waals surface area contributed by atoms with Crippen LogP contribution in [-0.4, -0.2) is 28.4 Å². The summed E-state index contributed by atoms with van der Waals surface area (Å²) in [6, 6.07) is 0. The molecule has 1 N–H and O–H groups in total. The molecular weight excluding hydrogens is 200 g/mol. The van der Waals surface area contributed by atoms with Crippen LogP contribution in [-0.2, 0) is 13.0 Å². The van der Waals surface area contributed by atoms with Gasteiger partial charge in [0.25, 0.3) is 0 Å². The Kier molecular flexibility index (Phi) is 6.08. The molecule has 0 aromatic carbocycles. The first-order valence-corrected chi connectivity index (χ1v) is 6.33. The fourth-order valence-electron chi connectivity index (χ4n) is 2.08. The van der Waals surface area contributed by atoms with E-state index in [1.807, 2.05) is 11.7 Å². The van der Waals surface area contributed by atoms with Crippen LogP contribution in [0.25, 0.3) is 0 Å². The maximum Gasteiger partial charge on any atom is 0.138 e. The van der Waals surface area contributed by atoms with Gasteiger partial charge in [-0.1, -0.05) is 20.3 Å². The van der Waals surface area contributed by atoms with Gasteiger partial charge in [0.2, 0.25) is 0 Å². The molecule has 4 heteroatoms. The van der Waals surface area contributed by atoms with Crippen LogP contribution < -0.4 is 5.32 Å². The molecule has 1 rings (SSSR count). The van der Waals surface area contributed by atoms with Crippen LogP contribution in [0.2, 0.25) is 0 Å². The quantitative estimate of drug-likeness (QED) is 0.733. The second-order valence-corrected chi connectivity index (χ2v) is 4.32. The summed E-state index contributed by atoms with van der Waals surface area (Å²) in [5, 5.41) is 7.52. The lowest BCUT2D eigenvalue weighted by atomic mass is 9.99. The molecule has 1 aromatic rings. The molecule has 0 saturated carbocycles. The molecule has 0 amide bonds. The highest BCUT2D eigenvalue weighted by molar-refractivity contribution is 4.87. The van der Waals surface area contributed by atoms with Gasteiger partial charge in [-0.05, 0) is 32.4 Å². The highest BCUT2D eigenvalue weighted by Gasteiger charge is 2.12. The zero-order chi connectivity index (χ0) is 11.8. The van der Waals surface area contributed by atoms with E-state index in [0.717, 1.165) is 31.8 Å². The molecule has 4 nitrogen and oxygen atoms in total. The number of hydrogen-bond acceptors (Lipinski definition) is 3. The van der Waals surface area contributed by atoms with Crippen LogP contribution in [0.1, 0.15) is 38.9 Å². The molecule has 0 saturated heterocycles. The van der Waals surface area contributed by atoms with Crippen LogP contribution >= 0.6 is 0 Å². The molecular formula is C12H24N4. The molecule has 0 fully saturated rings. The van der Waals surface area contributed by atoms with Crippen LogP contribution in [0.3, 0.4) is 0 Å². The first-order valence-electron chi connectivity index (χ1n) is 6.33. The summed E-state index contributed by atoms with van der Waals surface area (Å²) in [6.07, 6.45) is 6.30. The lowest BCUT2D eigenvalue weighted by Crippen LogP contribution is -2.22. The minimum Gasteiger partial charge on any atom is -0.319 e. The van der Waals surface area contributed by atoms with Crippen molar-refractivity contribution < 1.29 is 0 Å². The highest BCUT2D eigenvalue weighted by Crippen LogP contribution is 2.12. The van der Waals surface area contributed by atoms with Crippen LogP contribution in [0.5, 0.6) is 0 Å². The number of aryl methyl sites for hydroxylation is 1. The third kappa shape index (κ3) is 3.93. The predicted molar refractivity (Wildman–Crippen MR) is 66.3 cm³/mol. The van der Waals surface area contributed by atoms with Crippen molar-refractivity contribution in [3.05, 3.63) is 12.2 Å². The Balaban J connectivity index is 2.57. The van der Waals surface area contributed by atoms with Crippen molar-refractivity contribution in [2.24, 2.45) is 5.92 Å². The first-order chi connectivity index (χ1) is 7.81. The lowest BCUT2D eigenvalue weighted by molar-refractivity contribution is 0.430. The van der Waals surface area contributed by atoms with E-state index >= 15 is 0 Å². The zero-order valence-corrected chi connectivity index (χ0v) is 10.7. The summed E-state index contributed by atoms with van der Waals surface area (Å²) in [5.74, 6) is 1.81. The molecule has 0 spiro atoms. The van der Waals surface area contributed by atoms with Gasteiger partial charge in [-0.3, -0.25) is 4.68 Å². The standard InChI is InChI=1S/C12H24N4/c1-4-6-11(9-13-3)8-12-14-10-15-16(12)7-5-2/h10-11,13H,4-9H2,1-3H3. The molecule has 0 aliphatic heterocycles. The van der Waals surface area contributed by atoms with Gasteiger partial charge in [-0.15, -0.1) is 0 Å². The normalized spacial score (nSPS) is 12.9. The summed E-state index contributed by atoms with van der Waals surface area (Å²) in [4.78, 5) is 4.36. The molecule has 1 atom stereocenters. The van der Waals surface area contributed by atoms with E-state index in [0.29, 0.717) is 5.92 Å². The predicted octanol–water partition coefficient (Wildman–Crippen LogP) is 1.87. The Morgan fingerprint density at radius 1 is 1.38 bits per heavy atom. The van der Waals surface area contributed by atoms with E-state index in [1.54, 1.807) is 6.33 Å². The van der Waals surface area contributed by atoms with Crippen molar-refractivity contribution in [2.45, 2.75) is 46.1 Å². The number of nitrogens with one attached hydrogen (secondary N) is 1. The molecule has 16 heavy (non-hydrogen) atoms. The Morgan fingerprint density at radius 3 is 2.81 bits per heavy atom. The largest absolute Gasteiger partial charge is 0.319 e. The Hall–Kier alpha value is -0.900. The van der Waals surface area contributed by atoms with Gasteiger partial charge < -0.3 is 5.32 Å². The van der Waals surface area contributed by atoms with E-state index < -0.39 is 0 Å². The molecule has 0 aliphatic carbocycles. The maximum absolute atomic E-state index is 4.36. The monoisotopic (exact) mass is 224 g/mol. The van der Waals surface area contributed by atoms with E-state index in [1.165, 1.54) is 12.8 Å². The van der Waals surface area contributed by atoms with Crippen LogP contribution in [0, 0.1) is 5.92 Å². The van der Waals surface area contributed by atoms with Gasteiger partial charge in [0.1, 0.15) is 12.2 Å². The molecule has 92 valence electrons. The fraction of sp³-hybridized carbons (Fsp3) is 0.833. The average Bonchev–Trinajstić information content (AvgIpc) is 2.67. The van der Waals surface area contributed by atoms with E-state index in [9.17, 15) is 0 Å². The van der Waals surface area contributed by atoms with Crippen molar-refractivity contribution in [1.82, 2.24) is 20.1 Å². The van der Waals surface area contributed by atoms with Gasteiger partial charge in [-0.25, -0.2) is 4.98 Å². The smallest absolute Gasteiger partial charge is 0.138 e. The number of aromatic nitrogens is 3. The van der Waals surface area contributed by atoms with E-state index in [4.69, 9.17) is 0 Å².